The summed E-state index contributed by atoms with van der Waals surface area (Å²) in [5.74, 6) is 0.436. The molecule has 8 nitrogen and oxygen atoms in total. The summed E-state index contributed by atoms with van der Waals surface area (Å²) in [6, 6.07) is 9.76. The second kappa shape index (κ2) is 12.1. The maximum atomic E-state index is 13.1. The van der Waals surface area contributed by atoms with E-state index in [4.69, 9.17) is 0 Å². The fraction of sp³-hybridized carbons (Fsp3) is 0.500. The topological polar surface area (TPSA) is 81.7 Å². The zero-order valence-electron chi connectivity index (χ0n) is 19.5. The molecule has 0 spiro atoms. The summed E-state index contributed by atoms with van der Waals surface area (Å²) < 4.78 is 13.1. The van der Waals surface area contributed by atoms with Gasteiger partial charge in [0.25, 0.3) is 0 Å². The molecule has 0 saturated carbocycles. The van der Waals surface area contributed by atoms with Gasteiger partial charge in [-0.25, -0.2) is 9.18 Å². The van der Waals surface area contributed by atoms with E-state index < -0.39 is 0 Å². The highest BCUT2D eigenvalue weighted by Crippen LogP contribution is 2.20. The summed E-state index contributed by atoms with van der Waals surface area (Å²) in [5.41, 5.74) is 1.49. The van der Waals surface area contributed by atoms with Crippen molar-refractivity contribution in [1.29, 1.82) is 0 Å². The SMILES string of the molecule is CCCCN(CC(=O)N1CCCN(c2ccc(-c3ccc(F)cc3)nn2)CC1)C(=O)NCC. The van der Waals surface area contributed by atoms with Crippen LogP contribution in [-0.4, -0.2) is 77.7 Å². The molecule has 0 unspecified atom stereocenters. The highest BCUT2D eigenvalue weighted by molar-refractivity contribution is 5.84. The van der Waals surface area contributed by atoms with Crippen LogP contribution in [0, 0.1) is 5.82 Å². The van der Waals surface area contributed by atoms with E-state index in [1.54, 1.807) is 17.0 Å². The molecule has 1 fully saturated rings. The van der Waals surface area contributed by atoms with Crippen LogP contribution in [0.3, 0.4) is 0 Å². The number of amides is 3. The molecule has 1 saturated heterocycles. The molecule has 0 aliphatic carbocycles. The van der Waals surface area contributed by atoms with Gasteiger partial charge < -0.3 is 20.0 Å². The largest absolute Gasteiger partial charge is 0.353 e. The molecule has 1 N–H and O–H groups in total. The molecule has 1 aliphatic rings. The number of anilines is 1. The van der Waals surface area contributed by atoms with Crippen LogP contribution in [-0.2, 0) is 4.79 Å². The minimum Gasteiger partial charge on any atom is -0.353 e. The zero-order valence-corrected chi connectivity index (χ0v) is 19.5. The zero-order chi connectivity index (χ0) is 23.6. The number of carbonyl (C=O) groups excluding carboxylic acids is 2. The fourth-order valence-electron chi connectivity index (χ4n) is 3.79. The first-order valence-corrected chi connectivity index (χ1v) is 11.7. The van der Waals surface area contributed by atoms with Gasteiger partial charge in [-0.05, 0) is 56.2 Å². The van der Waals surface area contributed by atoms with Crippen molar-refractivity contribution in [3.63, 3.8) is 0 Å². The highest BCUT2D eigenvalue weighted by Gasteiger charge is 2.23. The lowest BCUT2D eigenvalue weighted by Crippen LogP contribution is -2.47. The van der Waals surface area contributed by atoms with E-state index in [0.29, 0.717) is 38.4 Å². The van der Waals surface area contributed by atoms with Gasteiger partial charge in [0.15, 0.2) is 5.82 Å². The summed E-state index contributed by atoms with van der Waals surface area (Å²) in [5, 5.41) is 11.5. The normalized spacial score (nSPS) is 14.0. The average Bonchev–Trinajstić information content (AvgIpc) is 3.09. The number of carbonyl (C=O) groups is 2. The second-order valence-electron chi connectivity index (χ2n) is 8.12. The first-order valence-electron chi connectivity index (χ1n) is 11.7. The second-order valence-corrected chi connectivity index (χ2v) is 8.12. The number of benzene rings is 1. The number of halogens is 1. The van der Waals surface area contributed by atoms with Crippen molar-refractivity contribution < 1.29 is 14.0 Å². The third kappa shape index (κ3) is 6.87. The molecular weight excluding hydrogens is 423 g/mol. The van der Waals surface area contributed by atoms with Crippen molar-refractivity contribution in [2.45, 2.75) is 33.1 Å². The molecule has 0 atom stereocenters. The predicted octanol–water partition coefficient (Wildman–Crippen LogP) is 3.15. The Morgan fingerprint density at radius 2 is 1.82 bits per heavy atom. The van der Waals surface area contributed by atoms with E-state index in [-0.39, 0.29) is 24.3 Å². The molecule has 0 radical (unpaired) electrons. The van der Waals surface area contributed by atoms with Gasteiger partial charge in [-0.1, -0.05) is 13.3 Å². The number of hydrogen-bond acceptors (Lipinski definition) is 5. The van der Waals surface area contributed by atoms with Gasteiger partial charge in [0, 0.05) is 44.8 Å². The molecule has 0 bridgehead atoms. The number of nitrogens with one attached hydrogen (secondary N) is 1. The van der Waals surface area contributed by atoms with Gasteiger partial charge in [-0.3, -0.25) is 4.79 Å². The van der Waals surface area contributed by atoms with Crippen LogP contribution in [0.25, 0.3) is 11.3 Å². The molecule has 1 aliphatic heterocycles. The number of rotatable bonds is 8. The molecule has 1 aromatic heterocycles. The summed E-state index contributed by atoms with van der Waals surface area (Å²) in [7, 11) is 0. The molecule has 1 aromatic carbocycles. The Bertz CT molecular complexity index is 906. The smallest absolute Gasteiger partial charge is 0.317 e. The maximum absolute atomic E-state index is 13.1. The van der Waals surface area contributed by atoms with Crippen LogP contribution in [0.15, 0.2) is 36.4 Å². The lowest BCUT2D eigenvalue weighted by molar-refractivity contribution is -0.131. The molecule has 2 heterocycles. The third-order valence-corrected chi connectivity index (χ3v) is 5.69. The Morgan fingerprint density at radius 1 is 1.03 bits per heavy atom. The summed E-state index contributed by atoms with van der Waals surface area (Å²) in [6.45, 7) is 7.77. The van der Waals surface area contributed by atoms with Crippen molar-refractivity contribution in [2.75, 3.05) is 50.7 Å². The minimum absolute atomic E-state index is 0.0306. The number of unbranched alkanes of at least 4 members (excludes halogenated alkanes) is 1. The van der Waals surface area contributed by atoms with E-state index in [9.17, 15) is 14.0 Å². The highest BCUT2D eigenvalue weighted by atomic mass is 19.1. The van der Waals surface area contributed by atoms with E-state index in [0.717, 1.165) is 37.2 Å². The van der Waals surface area contributed by atoms with Crippen LogP contribution in [0.5, 0.6) is 0 Å². The molecule has 3 rings (SSSR count). The molecule has 3 amide bonds. The fourth-order valence-corrected chi connectivity index (χ4v) is 3.79. The minimum atomic E-state index is -0.286. The number of aromatic nitrogens is 2. The first-order chi connectivity index (χ1) is 16.0. The van der Waals surface area contributed by atoms with Crippen molar-refractivity contribution in [1.82, 2.24) is 25.3 Å². The summed E-state index contributed by atoms with van der Waals surface area (Å²) in [4.78, 5) is 30.8. The Balaban J connectivity index is 1.58. The Hall–Kier alpha value is -3.23. The number of hydrogen-bond donors (Lipinski definition) is 1. The number of nitrogens with zero attached hydrogens (tertiary/aromatic N) is 5. The predicted molar refractivity (Wildman–Crippen MR) is 126 cm³/mol. The van der Waals surface area contributed by atoms with Crippen LogP contribution in [0.1, 0.15) is 33.1 Å². The lowest BCUT2D eigenvalue weighted by Gasteiger charge is -2.27. The maximum Gasteiger partial charge on any atom is 0.317 e. The summed E-state index contributed by atoms with van der Waals surface area (Å²) >= 11 is 0. The first kappa shape index (κ1) is 24.4. The van der Waals surface area contributed by atoms with Crippen LogP contribution in [0.4, 0.5) is 15.0 Å². The van der Waals surface area contributed by atoms with E-state index in [1.807, 2.05) is 24.0 Å². The number of urea groups is 1. The van der Waals surface area contributed by atoms with Crippen molar-refractivity contribution in [3.8, 4) is 11.3 Å². The third-order valence-electron chi connectivity index (χ3n) is 5.69. The van der Waals surface area contributed by atoms with Gasteiger partial charge in [0.1, 0.15) is 12.4 Å². The van der Waals surface area contributed by atoms with Crippen LogP contribution < -0.4 is 10.2 Å². The summed E-state index contributed by atoms with van der Waals surface area (Å²) in [6.07, 6.45) is 2.64. The van der Waals surface area contributed by atoms with E-state index in [1.165, 1.54) is 12.1 Å². The van der Waals surface area contributed by atoms with Gasteiger partial charge >= 0.3 is 6.03 Å². The van der Waals surface area contributed by atoms with Crippen LogP contribution in [0.2, 0.25) is 0 Å². The molecule has 33 heavy (non-hydrogen) atoms. The van der Waals surface area contributed by atoms with Crippen molar-refractivity contribution in [2.24, 2.45) is 0 Å². The van der Waals surface area contributed by atoms with Gasteiger partial charge in [-0.15, -0.1) is 10.2 Å². The Morgan fingerprint density at radius 3 is 2.48 bits per heavy atom. The van der Waals surface area contributed by atoms with Gasteiger partial charge in [-0.2, -0.15) is 0 Å². The monoisotopic (exact) mass is 456 g/mol. The molecule has 178 valence electrons. The van der Waals surface area contributed by atoms with Crippen molar-refractivity contribution >= 4 is 17.8 Å². The van der Waals surface area contributed by atoms with Crippen molar-refractivity contribution in [3.05, 3.63) is 42.2 Å². The quantitative estimate of drug-likeness (QED) is 0.660. The molecule has 9 heteroatoms. The van der Waals surface area contributed by atoms with E-state index >= 15 is 0 Å². The van der Waals surface area contributed by atoms with Crippen LogP contribution >= 0.6 is 0 Å². The molecule has 2 aromatic rings. The van der Waals surface area contributed by atoms with E-state index in [2.05, 4.69) is 27.3 Å². The Labute approximate surface area is 194 Å². The Kier molecular flexibility index (Phi) is 8.97. The standard InChI is InChI=1S/C24H33FN6O2/c1-3-5-13-31(24(33)26-4-2)18-23(32)30-15-6-14-29(16-17-30)22-12-11-21(27-28-22)19-7-9-20(25)10-8-19/h7-12H,3-6,13-18H2,1-2H3,(H,26,33). The van der Waals surface area contributed by atoms with Gasteiger partial charge in [0.2, 0.25) is 5.91 Å². The lowest BCUT2D eigenvalue weighted by atomic mass is 10.1. The van der Waals surface area contributed by atoms with Gasteiger partial charge in [0.05, 0.1) is 5.69 Å². The average molecular weight is 457 g/mol. The molecular formula is C24H33FN6O2.